The molecule has 2 fully saturated rings. The highest BCUT2D eigenvalue weighted by molar-refractivity contribution is 5.87. The average molecular weight is 324 g/mol. The first kappa shape index (κ1) is 15.9. The van der Waals surface area contributed by atoms with E-state index in [1.165, 1.54) is 43.2 Å². The number of carbonyl (C=O) groups excluding carboxylic acids is 1. The number of ether oxygens (including phenoxy) is 1. The predicted octanol–water partition coefficient (Wildman–Crippen LogP) is 5.16. The molecule has 0 spiro atoms. The van der Waals surface area contributed by atoms with Crippen LogP contribution in [0.3, 0.4) is 0 Å². The van der Waals surface area contributed by atoms with E-state index in [0.717, 1.165) is 31.1 Å². The number of fused-ring (bicyclic) bond motifs is 3. The second kappa shape index (κ2) is 6.06. The summed E-state index contributed by atoms with van der Waals surface area (Å²) in [6, 6.07) is 8.69. The van der Waals surface area contributed by atoms with Crippen LogP contribution in [0.4, 0.5) is 0 Å². The molecule has 0 amide bonds. The molecule has 4 atom stereocenters. The third-order valence-corrected chi connectivity index (χ3v) is 6.68. The quantitative estimate of drug-likeness (QED) is 0.436. The molecular formula is C22H28O2. The Morgan fingerprint density at radius 2 is 2.04 bits per heavy atom. The number of carbonyl (C=O) groups is 1. The Morgan fingerprint density at radius 3 is 2.75 bits per heavy atom. The lowest BCUT2D eigenvalue weighted by molar-refractivity contribution is -0.168. The maximum atomic E-state index is 12.6. The molecule has 128 valence electrons. The first-order valence-corrected chi connectivity index (χ1v) is 9.57. The van der Waals surface area contributed by atoms with Crippen LogP contribution in [-0.4, -0.2) is 5.97 Å². The zero-order valence-electron chi connectivity index (χ0n) is 14.7. The second-order valence-corrected chi connectivity index (χ2v) is 8.20. The first-order chi connectivity index (χ1) is 11.6. The fourth-order valence-electron chi connectivity index (χ4n) is 5.62. The van der Waals surface area contributed by atoms with Crippen molar-refractivity contribution in [2.75, 3.05) is 0 Å². The van der Waals surface area contributed by atoms with E-state index in [9.17, 15) is 4.79 Å². The van der Waals surface area contributed by atoms with Gasteiger partial charge in [-0.1, -0.05) is 37.3 Å². The van der Waals surface area contributed by atoms with Gasteiger partial charge in [0.25, 0.3) is 0 Å². The summed E-state index contributed by atoms with van der Waals surface area (Å²) >= 11 is 0. The number of esters is 1. The van der Waals surface area contributed by atoms with Crippen molar-refractivity contribution in [2.45, 2.75) is 63.9 Å². The van der Waals surface area contributed by atoms with Crippen LogP contribution in [0.15, 0.2) is 36.4 Å². The van der Waals surface area contributed by atoms with Crippen LogP contribution in [-0.2, 0) is 21.6 Å². The van der Waals surface area contributed by atoms with E-state index in [1.807, 2.05) is 0 Å². The van der Waals surface area contributed by atoms with Gasteiger partial charge in [-0.25, -0.2) is 4.79 Å². The number of aryl methyl sites for hydroxylation is 1. The molecule has 2 nitrogen and oxygen atoms in total. The summed E-state index contributed by atoms with van der Waals surface area (Å²) in [5.41, 5.74) is 2.75. The summed E-state index contributed by atoms with van der Waals surface area (Å²) in [6.07, 6.45) is 9.62. The predicted molar refractivity (Wildman–Crippen MR) is 95.5 cm³/mol. The molecule has 2 saturated carbocycles. The van der Waals surface area contributed by atoms with E-state index >= 15 is 0 Å². The van der Waals surface area contributed by atoms with E-state index in [-0.39, 0.29) is 5.97 Å². The van der Waals surface area contributed by atoms with Gasteiger partial charge in [0.15, 0.2) is 0 Å². The van der Waals surface area contributed by atoms with Crippen molar-refractivity contribution in [3.8, 4) is 0 Å². The fraction of sp³-hybridized carbons (Fsp3) is 0.591. The van der Waals surface area contributed by atoms with Crippen molar-refractivity contribution in [3.05, 3.63) is 47.5 Å². The van der Waals surface area contributed by atoms with Crippen molar-refractivity contribution in [1.82, 2.24) is 0 Å². The molecule has 3 aliphatic carbocycles. The van der Waals surface area contributed by atoms with Gasteiger partial charge in [0.05, 0.1) is 0 Å². The van der Waals surface area contributed by atoms with E-state index in [0.29, 0.717) is 11.5 Å². The molecule has 4 unspecified atom stereocenters. The second-order valence-electron chi connectivity index (χ2n) is 8.20. The zero-order valence-corrected chi connectivity index (χ0v) is 14.7. The van der Waals surface area contributed by atoms with Crippen LogP contribution < -0.4 is 0 Å². The molecule has 0 radical (unpaired) electrons. The van der Waals surface area contributed by atoms with E-state index in [4.69, 9.17) is 4.74 Å². The van der Waals surface area contributed by atoms with Gasteiger partial charge in [0.2, 0.25) is 0 Å². The number of rotatable bonds is 3. The summed E-state index contributed by atoms with van der Waals surface area (Å²) in [6.45, 7) is 5.59. The van der Waals surface area contributed by atoms with E-state index in [1.54, 1.807) is 6.92 Å². The minimum atomic E-state index is -0.428. The van der Waals surface area contributed by atoms with Gasteiger partial charge in [-0.05, 0) is 74.8 Å². The molecule has 1 aromatic carbocycles. The Kier molecular flexibility index (Phi) is 4.02. The molecule has 24 heavy (non-hydrogen) atoms. The average Bonchev–Trinajstić information content (AvgIpc) is 3.16. The summed E-state index contributed by atoms with van der Waals surface area (Å²) < 4.78 is 6.34. The Labute approximate surface area is 145 Å². The van der Waals surface area contributed by atoms with Crippen LogP contribution in [0.5, 0.6) is 0 Å². The van der Waals surface area contributed by atoms with Crippen LogP contribution in [0.1, 0.15) is 63.0 Å². The topological polar surface area (TPSA) is 26.3 Å². The lowest BCUT2D eigenvalue weighted by Crippen LogP contribution is -2.43. The van der Waals surface area contributed by atoms with Crippen molar-refractivity contribution < 1.29 is 9.53 Å². The molecule has 0 saturated heterocycles. The third kappa shape index (κ3) is 2.51. The molecule has 0 N–H and O–H groups in total. The minimum Gasteiger partial charge on any atom is -0.451 e. The van der Waals surface area contributed by atoms with Gasteiger partial charge in [-0.3, -0.25) is 0 Å². The fourth-order valence-corrected chi connectivity index (χ4v) is 5.62. The number of hydrogen-bond acceptors (Lipinski definition) is 2. The van der Waals surface area contributed by atoms with Crippen LogP contribution in [0.2, 0.25) is 0 Å². The highest BCUT2D eigenvalue weighted by Crippen LogP contribution is 2.58. The van der Waals surface area contributed by atoms with Crippen molar-refractivity contribution in [1.29, 1.82) is 0 Å². The maximum absolute atomic E-state index is 12.6. The zero-order chi connectivity index (χ0) is 16.7. The standard InChI is InChI=1S/C22H28O2/c1-15(2)21(23)24-22(20-14-16-10-11-18(20)13-16)12-6-5-8-17-7-3-4-9-19(17)22/h3-4,7,9,16,18,20H,1,5-6,8,10-14H2,2H3. The maximum Gasteiger partial charge on any atom is 0.334 e. The highest BCUT2D eigenvalue weighted by Gasteiger charge is 2.54. The van der Waals surface area contributed by atoms with Gasteiger partial charge in [0.1, 0.15) is 5.60 Å². The lowest BCUT2D eigenvalue weighted by atomic mass is 9.70. The van der Waals surface area contributed by atoms with Crippen molar-refractivity contribution >= 4 is 5.97 Å². The van der Waals surface area contributed by atoms with Crippen LogP contribution in [0.25, 0.3) is 0 Å². The number of hydrogen-bond donors (Lipinski definition) is 0. The summed E-state index contributed by atoms with van der Waals surface area (Å²) in [7, 11) is 0. The Bertz CT molecular complexity index is 662. The minimum absolute atomic E-state index is 0.213. The number of benzene rings is 1. The smallest absolute Gasteiger partial charge is 0.334 e. The molecule has 0 aliphatic heterocycles. The molecule has 2 bridgehead atoms. The largest absolute Gasteiger partial charge is 0.451 e. The first-order valence-electron chi connectivity index (χ1n) is 9.57. The van der Waals surface area contributed by atoms with Gasteiger partial charge < -0.3 is 4.74 Å². The van der Waals surface area contributed by atoms with Crippen LogP contribution in [0, 0.1) is 17.8 Å². The molecule has 4 rings (SSSR count). The Hall–Kier alpha value is -1.57. The van der Waals surface area contributed by atoms with Crippen LogP contribution >= 0.6 is 0 Å². The van der Waals surface area contributed by atoms with Crippen molar-refractivity contribution in [3.63, 3.8) is 0 Å². The third-order valence-electron chi connectivity index (χ3n) is 6.68. The molecule has 3 aliphatic rings. The van der Waals surface area contributed by atoms with Gasteiger partial charge in [-0.15, -0.1) is 0 Å². The normalized spacial score (nSPS) is 34.5. The SMILES string of the molecule is C=C(C)C(=O)OC1(C2CC3CCC2C3)CCCCc2ccccc21. The molecule has 2 heteroatoms. The molecular weight excluding hydrogens is 296 g/mol. The highest BCUT2D eigenvalue weighted by atomic mass is 16.6. The molecule has 1 aromatic rings. The van der Waals surface area contributed by atoms with Gasteiger partial charge in [-0.2, -0.15) is 0 Å². The lowest BCUT2D eigenvalue weighted by Gasteiger charge is -2.43. The van der Waals surface area contributed by atoms with Gasteiger partial charge >= 0.3 is 5.97 Å². The monoisotopic (exact) mass is 324 g/mol. The Balaban J connectivity index is 1.81. The molecule has 0 aromatic heterocycles. The van der Waals surface area contributed by atoms with E-state index in [2.05, 4.69) is 30.8 Å². The van der Waals surface area contributed by atoms with E-state index < -0.39 is 5.60 Å². The molecule has 0 heterocycles. The summed E-state index contributed by atoms with van der Waals surface area (Å²) in [5, 5.41) is 0. The summed E-state index contributed by atoms with van der Waals surface area (Å²) in [5.74, 6) is 1.84. The van der Waals surface area contributed by atoms with Crippen molar-refractivity contribution in [2.24, 2.45) is 17.8 Å². The van der Waals surface area contributed by atoms with Gasteiger partial charge in [0, 0.05) is 11.5 Å². The summed E-state index contributed by atoms with van der Waals surface area (Å²) in [4.78, 5) is 12.6. The Morgan fingerprint density at radius 1 is 1.21 bits per heavy atom.